The van der Waals surface area contributed by atoms with Gasteiger partial charge in [0.25, 0.3) is 0 Å². The van der Waals surface area contributed by atoms with Crippen LogP contribution in [-0.4, -0.2) is 19.0 Å². The van der Waals surface area contributed by atoms with Gasteiger partial charge in [0.2, 0.25) is 0 Å². The van der Waals surface area contributed by atoms with Gasteiger partial charge in [-0.2, -0.15) is 0 Å². The van der Waals surface area contributed by atoms with E-state index in [0.717, 1.165) is 11.1 Å². The predicted octanol–water partition coefficient (Wildman–Crippen LogP) is 4.16. The second-order valence-corrected chi connectivity index (χ2v) is 5.38. The first-order chi connectivity index (χ1) is 11.9. The molecule has 0 atom stereocenters. The van der Waals surface area contributed by atoms with Crippen molar-refractivity contribution >= 4 is 11.9 Å². The Labute approximate surface area is 146 Å². The van der Waals surface area contributed by atoms with Crippen LogP contribution >= 0.6 is 0 Å². The van der Waals surface area contributed by atoms with Gasteiger partial charge >= 0.3 is 11.9 Å². The molecule has 0 saturated carbocycles. The molecule has 0 amide bonds. The van der Waals surface area contributed by atoms with E-state index in [4.69, 9.17) is 14.2 Å². The number of carbonyl (C=O) groups excluding carboxylic acids is 2. The average Bonchev–Trinajstić information content (AvgIpc) is 2.62. The van der Waals surface area contributed by atoms with Crippen molar-refractivity contribution in [2.24, 2.45) is 0 Å². The molecule has 0 aliphatic carbocycles. The van der Waals surface area contributed by atoms with Crippen LogP contribution in [0.1, 0.15) is 20.3 Å². The largest absolute Gasteiger partial charge is 0.496 e. The molecule has 25 heavy (non-hydrogen) atoms. The zero-order valence-corrected chi connectivity index (χ0v) is 14.5. The van der Waals surface area contributed by atoms with Crippen LogP contribution in [0.2, 0.25) is 0 Å². The summed E-state index contributed by atoms with van der Waals surface area (Å²) in [5, 5.41) is 0. The Bertz CT molecular complexity index is 790. The second-order valence-electron chi connectivity index (χ2n) is 5.38. The molecule has 0 fully saturated rings. The fraction of sp³-hybridized carbons (Fsp3) is 0.200. The second kappa shape index (κ2) is 8.15. The van der Waals surface area contributed by atoms with E-state index in [1.807, 2.05) is 12.1 Å². The van der Waals surface area contributed by atoms with Gasteiger partial charge in [-0.1, -0.05) is 25.6 Å². The Hall–Kier alpha value is -3.08. The third-order valence-corrected chi connectivity index (χ3v) is 3.42. The van der Waals surface area contributed by atoms with Crippen molar-refractivity contribution in [2.75, 3.05) is 7.11 Å². The van der Waals surface area contributed by atoms with Crippen LogP contribution in [0.15, 0.2) is 54.6 Å². The Morgan fingerprint density at radius 3 is 2.20 bits per heavy atom. The number of hydrogen-bond acceptors (Lipinski definition) is 5. The minimum absolute atomic E-state index is 0.283. The van der Waals surface area contributed by atoms with Crippen LogP contribution in [0.25, 0.3) is 11.1 Å². The molecule has 0 spiro atoms. The van der Waals surface area contributed by atoms with E-state index in [1.54, 1.807) is 51.3 Å². The van der Waals surface area contributed by atoms with Crippen molar-refractivity contribution in [3.63, 3.8) is 0 Å². The number of carbonyl (C=O) groups is 2. The normalized spacial score (nSPS) is 10.0. The molecule has 0 heterocycles. The monoisotopic (exact) mass is 340 g/mol. The number of ether oxygens (including phenoxy) is 3. The molecule has 5 heteroatoms. The SMILES string of the molecule is C=C(C)C(=O)Oc1ccc(-c2ccc(OC(=O)CC)cc2)c(OC)c1. The fourth-order valence-electron chi connectivity index (χ4n) is 2.07. The van der Waals surface area contributed by atoms with E-state index in [0.29, 0.717) is 29.2 Å². The Morgan fingerprint density at radius 1 is 1.00 bits per heavy atom. The molecule has 0 aliphatic rings. The highest BCUT2D eigenvalue weighted by Crippen LogP contribution is 2.34. The highest BCUT2D eigenvalue weighted by atomic mass is 16.5. The first kappa shape index (κ1) is 18.3. The van der Waals surface area contributed by atoms with E-state index in [9.17, 15) is 9.59 Å². The summed E-state index contributed by atoms with van der Waals surface area (Å²) in [5.41, 5.74) is 2.03. The van der Waals surface area contributed by atoms with Gasteiger partial charge in [-0.25, -0.2) is 4.79 Å². The molecule has 2 aromatic carbocycles. The third kappa shape index (κ3) is 4.70. The lowest BCUT2D eigenvalue weighted by Gasteiger charge is -2.12. The minimum atomic E-state index is -0.489. The number of benzene rings is 2. The predicted molar refractivity (Wildman–Crippen MR) is 94.8 cm³/mol. The Kier molecular flexibility index (Phi) is 5.95. The highest BCUT2D eigenvalue weighted by molar-refractivity contribution is 5.89. The van der Waals surface area contributed by atoms with Crippen LogP contribution in [0.4, 0.5) is 0 Å². The molecule has 0 aromatic heterocycles. The summed E-state index contributed by atoms with van der Waals surface area (Å²) in [4.78, 5) is 22.9. The summed E-state index contributed by atoms with van der Waals surface area (Å²) >= 11 is 0. The van der Waals surface area contributed by atoms with Gasteiger partial charge < -0.3 is 14.2 Å². The Balaban J connectivity index is 2.25. The van der Waals surface area contributed by atoms with E-state index in [1.165, 1.54) is 0 Å². The van der Waals surface area contributed by atoms with E-state index in [-0.39, 0.29) is 5.97 Å². The standard InChI is InChI=1S/C20H20O5/c1-5-19(21)24-15-8-6-14(7-9-15)17-11-10-16(12-18(17)23-4)25-20(22)13(2)3/h6-12H,2,5H2,1,3-4H3. The highest BCUT2D eigenvalue weighted by Gasteiger charge is 2.11. The van der Waals surface area contributed by atoms with Gasteiger partial charge in [0.1, 0.15) is 17.2 Å². The molecule has 0 aliphatic heterocycles. The molecule has 0 bridgehead atoms. The lowest BCUT2D eigenvalue weighted by atomic mass is 10.0. The van der Waals surface area contributed by atoms with Crippen molar-refractivity contribution in [2.45, 2.75) is 20.3 Å². The maximum absolute atomic E-state index is 11.6. The number of rotatable bonds is 6. The van der Waals surface area contributed by atoms with Crippen LogP contribution in [0.5, 0.6) is 17.2 Å². The van der Waals surface area contributed by atoms with Gasteiger partial charge in [0.15, 0.2) is 0 Å². The van der Waals surface area contributed by atoms with E-state index < -0.39 is 5.97 Å². The molecule has 0 N–H and O–H groups in total. The topological polar surface area (TPSA) is 61.8 Å². The average molecular weight is 340 g/mol. The molecular formula is C20H20O5. The van der Waals surface area contributed by atoms with Crippen molar-refractivity contribution in [1.82, 2.24) is 0 Å². The first-order valence-corrected chi connectivity index (χ1v) is 7.81. The molecule has 130 valence electrons. The maximum Gasteiger partial charge on any atom is 0.338 e. The van der Waals surface area contributed by atoms with Crippen LogP contribution in [0, 0.1) is 0 Å². The summed E-state index contributed by atoms with van der Waals surface area (Å²) in [6.07, 6.45) is 0.319. The van der Waals surface area contributed by atoms with E-state index >= 15 is 0 Å². The van der Waals surface area contributed by atoms with Crippen molar-refractivity contribution < 1.29 is 23.8 Å². The number of hydrogen-bond donors (Lipinski definition) is 0. The molecule has 0 unspecified atom stereocenters. The van der Waals surface area contributed by atoms with Crippen molar-refractivity contribution in [1.29, 1.82) is 0 Å². The first-order valence-electron chi connectivity index (χ1n) is 7.81. The molecule has 2 aromatic rings. The lowest BCUT2D eigenvalue weighted by Crippen LogP contribution is -2.08. The van der Waals surface area contributed by atoms with E-state index in [2.05, 4.69) is 6.58 Å². The van der Waals surface area contributed by atoms with Gasteiger partial charge in [-0.15, -0.1) is 0 Å². The van der Waals surface area contributed by atoms with Crippen LogP contribution < -0.4 is 14.2 Å². The molecule has 0 saturated heterocycles. The van der Waals surface area contributed by atoms with Gasteiger partial charge in [-0.3, -0.25) is 4.79 Å². The Morgan fingerprint density at radius 2 is 1.64 bits per heavy atom. The third-order valence-electron chi connectivity index (χ3n) is 3.42. The van der Waals surface area contributed by atoms with Crippen LogP contribution in [0.3, 0.4) is 0 Å². The summed E-state index contributed by atoms with van der Waals surface area (Å²) in [6, 6.07) is 12.2. The summed E-state index contributed by atoms with van der Waals surface area (Å²) < 4.78 is 15.8. The fourth-order valence-corrected chi connectivity index (χ4v) is 2.07. The summed E-state index contributed by atoms with van der Waals surface area (Å²) in [7, 11) is 1.54. The smallest absolute Gasteiger partial charge is 0.338 e. The zero-order chi connectivity index (χ0) is 18.4. The zero-order valence-electron chi connectivity index (χ0n) is 14.5. The number of esters is 2. The van der Waals surface area contributed by atoms with Crippen LogP contribution in [-0.2, 0) is 9.59 Å². The van der Waals surface area contributed by atoms with Crippen molar-refractivity contribution in [3.05, 3.63) is 54.6 Å². The minimum Gasteiger partial charge on any atom is -0.496 e. The lowest BCUT2D eigenvalue weighted by molar-refractivity contribution is -0.134. The molecule has 2 rings (SSSR count). The molecule has 5 nitrogen and oxygen atoms in total. The summed E-state index contributed by atoms with van der Waals surface area (Å²) in [5.74, 6) is 0.653. The van der Waals surface area contributed by atoms with Gasteiger partial charge in [-0.05, 0) is 36.8 Å². The van der Waals surface area contributed by atoms with Crippen molar-refractivity contribution in [3.8, 4) is 28.4 Å². The molecule has 0 radical (unpaired) electrons. The maximum atomic E-state index is 11.6. The van der Waals surface area contributed by atoms with Gasteiger partial charge in [0.05, 0.1) is 7.11 Å². The number of methoxy groups -OCH3 is 1. The molecular weight excluding hydrogens is 320 g/mol. The van der Waals surface area contributed by atoms with Gasteiger partial charge in [0, 0.05) is 23.6 Å². The quantitative estimate of drug-likeness (QED) is 0.449. The summed E-state index contributed by atoms with van der Waals surface area (Å²) in [6.45, 7) is 6.88.